The molecule has 1 aromatic carbocycles. The Morgan fingerprint density at radius 2 is 1.79 bits per heavy atom. The Morgan fingerprint density at radius 1 is 1.12 bits per heavy atom. The maximum Gasteiger partial charge on any atom is 0.258 e. The van der Waals surface area contributed by atoms with Gasteiger partial charge in [-0.2, -0.15) is 4.98 Å². The fourth-order valence-electron chi connectivity index (χ4n) is 3.28. The first-order valence-electron chi connectivity index (χ1n) is 10.6. The van der Waals surface area contributed by atoms with E-state index < -0.39 is 18.1 Å². The fraction of sp³-hybridized carbons (Fsp3) is 0.391. The van der Waals surface area contributed by atoms with Crippen molar-refractivity contribution < 1.29 is 29.0 Å². The molecular weight excluding hydrogens is 464 g/mol. The van der Waals surface area contributed by atoms with Crippen LogP contribution in [0.25, 0.3) is 22.8 Å². The zero-order valence-corrected chi connectivity index (χ0v) is 20.0. The summed E-state index contributed by atoms with van der Waals surface area (Å²) < 4.78 is 16.8. The molecule has 3 aromatic rings. The van der Waals surface area contributed by atoms with Gasteiger partial charge in [-0.15, -0.1) is 0 Å². The Hall–Kier alpha value is -3.21. The average molecular weight is 491 g/mol. The van der Waals surface area contributed by atoms with Crippen LogP contribution >= 0.6 is 11.6 Å². The summed E-state index contributed by atoms with van der Waals surface area (Å²) in [6.07, 6.45) is -2.77. The molecule has 3 rings (SSSR count). The second kappa shape index (κ2) is 10.8. The molecule has 0 saturated carbocycles. The number of hydrogen-bond donors (Lipinski definition) is 3. The minimum atomic E-state index is -1.43. The highest BCUT2D eigenvalue weighted by Gasteiger charge is 2.19. The Bertz CT molecular complexity index is 1140. The number of aliphatic hydroxyl groups excluding tert-OH is 2. The van der Waals surface area contributed by atoms with Crippen LogP contribution in [0.2, 0.25) is 5.15 Å². The van der Waals surface area contributed by atoms with Crippen LogP contribution in [0.1, 0.15) is 31.4 Å². The zero-order valence-electron chi connectivity index (χ0n) is 19.3. The van der Waals surface area contributed by atoms with Crippen molar-refractivity contribution in [2.75, 3.05) is 6.61 Å². The standard InChI is InChI=1S/C23H27ClN4O6/c1-11(2)33-19-8-15(7-18(24)26-19)23-27-22(28-34-23)14-5-12(3)20(13(4)6-14)32-10-16(29)9-17(30)21(25)31/h5-8,11,16-17,29-30H,9-10H2,1-4H3,(H2,25,31). The molecule has 0 bridgehead atoms. The number of carbonyl (C=O) groups excluding carboxylic acids is 1. The van der Waals surface area contributed by atoms with Gasteiger partial charge in [0.05, 0.1) is 12.2 Å². The van der Waals surface area contributed by atoms with Crippen molar-refractivity contribution in [3.63, 3.8) is 0 Å². The highest BCUT2D eigenvalue weighted by molar-refractivity contribution is 6.29. The number of aryl methyl sites for hydroxylation is 2. The number of amides is 1. The molecule has 2 heterocycles. The molecule has 11 heteroatoms. The lowest BCUT2D eigenvalue weighted by Crippen LogP contribution is -2.33. The number of halogens is 1. The van der Waals surface area contributed by atoms with Crippen LogP contribution in [0.3, 0.4) is 0 Å². The normalized spacial score (nSPS) is 13.1. The molecule has 0 aliphatic rings. The predicted molar refractivity (Wildman–Crippen MR) is 125 cm³/mol. The van der Waals surface area contributed by atoms with Gasteiger partial charge in [0, 0.05) is 23.6 Å². The van der Waals surface area contributed by atoms with Crippen molar-refractivity contribution in [3.05, 3.63) is 40.5 Å². The van der Waals surface area contributed by atoms with Gasteiger partial charge in [-0.1, -0.05) is 16.8 Å². The Kier molecular flexibility index (Phi) is 8.08. The van der Waals surface area contributed by atoms with Crippen molar-refractivity contribution in [1.29, 1.82) is 0 Å². The zero-order chi connectivity index (χ0) is 25.0. The van der Waals surface area contributed by atoms with Crippen LogP contribution in [0.15, 0.2) is 28.8 Å². The maximum absolute atomic E-state index is 10.9. The van der Waals surface area contributed by atoms with Crippen LogP contribution in [-0.2, 0) is 4.79 Å². The molecule has 4 N–H and O–H groups in total. The smallest absolute Gasteiger partial charge is 0.258 e. The van der Waals surface area contributed by atoms with Crippen LogP contribution in [0.5, 0.6) is 11.6 Å². The van der Waals surface area contributed by atoms with Crippen LogP contribution in [0, 0.1) is 13.8 Å². The Balaban J connectivity index is 1.77. The van der Waals surface area contributed by atoms with Gasteiger partial charge in [0.25, 0.3) is 5.89 Å². The minimum Gasteiger partial charge on any atom is -0.490 e. The molecule has 182 valence electrons. The molecule has 0 saturated heterocycles. The van der Waals surface area contributed by atoms with Crippen molar-refractivity contribution >= 4 is 17.5 Å². The van der Waals surface area contributed by atoms with E-state index >= 15 is 0 Å². The third-order valence-corrected chi connectivity index (χ3v) is 4.96. The number of nitrogens with zero attached hydrogens (tertiary/aromatic N) is 3. The van der Waals surface area contributed by atoms with Gasteiger partial charge in [0.15, 0.2) is 0 Å². The lowest BCUT2D eigenvalue weighted by atomic mass is 10.1. The molecule has 0 aliphatic heterocycles. The second-order valence-corrected chi connectivity index (χ2v) is 8.55. The molecule has 1 amide bonds. The third kappa shape index (κ3) is 6.43. The lowest BCUT2D eigenvalue weighted by molar-refractivity contribution is -0.127. The average Bonchev–Trinajstić information content (AvgIpc) is 3.22. The molecule has 0 radical (unpaired) electrons. The number of aromatic nitrogens is 3. The second-order valence-electron chi connectivity index (χ2n) is 8.16. The summed E-state index contributed by atoms with van der Waals surface area (Å²) in [5.41, 5.74) is 7.86. The Morgan fingerprint density at radius 3 is 2.41 bits per heavy atom. The number of primary amides is 1. The minimum absolute atomic E-state index is 0.0712. The summed E-state index contributed by atoms with van der Waals surface area (Å²) >= 11 is 6.11. The molecule has 0 spiro atoms. The number of carbonyl (C=O) groups is 1. The van der Waals surface area contributed by atoms with Crippen LogP contribution in [0.4, 0.5) is 0 Å². The first-order valence-corrected chi connectivity index (χ1v) is 11.0. The van der Waals surface area contributed by atoms with Gasteiger partial charge in [0.1, 0.15) is 23.6 Å². The van der Waals surface area contributed by atoms with E-state index in [9.17, 15) is 15.0 Å². The van der Waals surface area contributed by atoms with Crippen molar-refractivity contribution in [1.82, 2.24) is 15.1 Å². The summed E-state index contributed by atoms with van der Waals surface area (Å²) in [7, 11) is 0. The van der Waals surface area contributed by atoms with Crippen LogP contribution in [-0.4, -0.2) is 56.2 Å². The molecule has 10 nitrogen and oxygen atoms in total. The van der Waals surface area contributed by atoms with Gasteiger partial charge in [-0.25, -0.2) is 4.98 Å². The van der Waals surface area contributed by atoms with E-state index in [1.807, 2.05) is 39.8 Å². The number of nitrogens with two attached hydrogens (primary N) is 1. The number of rotatable bonds is 10. The van der Waals surface area contributed by atoms with Crippen molar-refractivity contribution in [2.24, 2.45) is 5.73 Å². The molecule has 34 heavy (non-hydrogen) atoms. The fourth-order valence-corrected chi connectivity index (χ4v) is 3.49. The van der Waals surface area contributed by atoms with E-state index in [2.05, 4.69) is 15.1 Å². The van der Waals surface area contributed by atoms with E-state index in [1.165, 1.54) is 0 Å². The van der Waals surface area contributed by atoms with E-state index in [1.54, 1.807) is 12.1 Å². The van der Waals surface area contributed by atoms with E-state index in [0.717, 1.165) is 11.1 Å². The summed E-state index contributed by atoms with van der Waals surface area (Å²) in [5, 5.41) is 23.8. The maximum atomic E-state index is 10.9. The molecule has 0 fully saturated rings. The summed E-state index contributed by atoms with van der Waals surface area (Å²) in [6, 6.07) is 6.94. The van der Waals surface area contributed by atoms with E-state index in [0.29, 0.717) is 28.6 Å². The summed E-state index contributed by atoms with van der Waals surface area (Å²) in [5.74, 6) is 0.664. The van der Waals surface area contributed by atoms with Gasteiger partial charge in [-0.05, 0) is 57.0 Å². The van der Waals surface area contributed by atoms with Gasteiger partial charge >= 0.3 is 0 Å². The van der Waals surface area contributed by atoms with Gasteiger partial charge < -0.3 is 29.9 Å². The molecular formula is C23H27ClN4O6. The highest BCUT2D eigenvalue weighted by atomic mass is 35.5. The molecule has 0 aliphatic carbocycles. The first-order chi connectivity index (χ1) is 16.0. The number of ether oxygens (including phenoxy) is 2. The van der Waals surface area contributed by atoms with E-state index in [4.69, 9.17) is 31.3 Å². The van der Waals surface area contributed by atoms with Crippen LogP contribution < -0.4 is 15.2 Å². The first kappa shape index (κ1) is 25.4. The Labute approximate surface area is 201 Å². The largest absolute Gasteiger partial charge is 0.490 e. The van der Waals surface area contributed by atoms with Gasteiger partial charge in [-0.3, -0.25) is 4.79 Å². The number of benzene rings is 1. The molecule has 2 aromatic heterocycles. The molecule has 2 atom stereocenters. The summed E-state index contributed by atoms with van der Waals surface area (Å²) in [4.78, 5) is 19.6. The van der Waals surface area contributed by atoms with Gasteiger partial charge in [0.2, 0.25) is 17.6 Å². The highest BCUT2D eigenvalue weighted by Crippen LogP contribution is 2.31. The molecule has 2 unspecified atom stereocenters. The van der Waals surface area contributed by atoms with Crippen molar-refractivity contribution in [3.8, 4) is 34.5 Å². The number of aliphatic hydroxyl groups is 2. The van der Waals surface area contributed by atoms with Crippen molar-refractivity contribution in [2.45, 2.75) is 52.4 Å². The quantitative estimate of drug-likeness (QED) is 0.364. The lowest BCUT2D eigenvalue weighted by Gasteiger charge is -2.17. The SMILES string of the molecule is Cc1cc(-c2noc(-c3cc(Cl)nc(OC(C)C)c3)n2)cc(C)c1OCC(O)CC(O)C(N)=O. The monoisotopic (exact) mass is 490 g/mol. The topological polar surface area (TPSA) is 154 Å². The third-order valence-electron chi connectivity index (χ3n) is 4.76. The number of pyridine rings is 1. The van der Waals surface area contributed by atoms with E-state index in [-0.39, 0.29) is 30.2 Å². The number of hydrogen-bond acceptors (Lipinski definition) is 9. The predicted octanol–water partition coefficient (Wildman–Crippen LogP) is 2.83. The summed E-state index contributed by atoms with van der Waals surface area (Å²) in [6.45, 7) is 7.35.